The Morgan fingerprint density at radius 3 is 2.35 bits per heavy atom. The van der Waals surface area contributed by atoms with E-state index in [4.69, 9.17) is 5.73 Å². The zero-order valence-corrected chi connectivity index (χ0v) is 10.4. The molecule has 0 spiro atoms. The van der Waals surface area contributed by atoms with E-state index < -0.39 is 0 Å². The summed E-state index contributed by atoms with van der Waals surface area (Å²) in [7, 11) is 2.00. The lowest BCUT2D eigenvalue weighted by molar-refractivity contribution is -0.136. The van der Waals surface area contributed by atoms with Crippen LogP contribution in [0.3, 0.4) is 0 Å². The van der Waals surface area contributed by atoms with Crippen molar-refractivity contribution in [1.29, 1.82) is 0 Å². The van der Waals surface area contributed by atoms with Crippen molar-refractivity contribution in [2.75, 3.05) is 33.2 Å². The smallest absolute Gasteiger partial charge is 0.253 e. The molecule has 17 heavy (non-hydrogen) atoms. The second-order valence-corrected chi connectivity index (χ2v) is 4.31. The second-order valence-electron chi connectivity index (χ2n) is 4.31. The van der Waals surface area contributed by atoms with Crippen molar-refractivity contribution in [2.45, 2.75) is 19.3 Å². The standard InChI is InChI=1S/C12H21N3O2/c1-14(8-4-2-3-7-13)9-10-15-11(16)5-6-12(15)17/h5-6H,2-4,7-10,13H2,1H3. The first kappa shape index (κ1) is 13.9. The fraction of sp³-hybridized carbons (Fsp3) is 0.667. The van der Waals surface area contributed by atoms with E-state index in [1.807, 2.05) is 7.05 Å². The van der Waals surface area contributed by atoms with Gasteiger partial charge in [-0.3, -0.25) is 14.5 Å². The third-order valence-electron chi connectivity index (χ3n) is 2.85. The summed E-state index contributed by atoms with van der Waals surface area (Å²) in [5.41, 5.74) is 5.42. The van der Waals surface area contributed by atoms with Crippen LogP contribution in [-0.4, -0.2) is 54.8 Å². The quantitative estimate of drug-likeness (QED) is 0.477. The van der Waals surface area contributed by atoms with E-state index in [0.717, 1.165) is 38.9 Å². The lowest BCUT2D eigenvalue weighted by Crippen LogP contribution is -2.37. The van der Waals surface area contributed by atoms with Gasteiger partial charge in [0.25, 0.3) is 11.8 Å². The van der Waals surface area contributed by atoms with Gasteiger partial charge in [0.15, 0.2) is 0 Å². The molecule has 0 atom stereocenters. The molecule has 1 heterocycles. The minimum Gasteiger partial charge on any atom is -0.330 e. The van der Waals surface area contributed by atoms with E-state index in [2.05, 4.69) is 4.90 Å². The molecule has 0 saturated carbocycles. The normalized spacial score (nSPS) is 15.4. The van der Waals surface area contributed by atoms with Gasteiger partial charge in [-0.2, -0.15) is 0 Å². The van der Waals surface area contributed by atoms with E-state index in [1.165, 1.54) is 17.1 Å². The molecule has 0 aromatic rings. The van der Waals surface area contributed by atoms with Crippen LogP contribution in [0.25, 0.3) is 0 Å². The molecule has 0 unspecified atom stereocenters. The number of nitrogens with two attached hydrogens (primary N) is 1. The molecule has 0 saturated heterocycles. The van der Waals surface area contributed by atoms with Crippen LogP contribution in [-0.2, 0) is 9.59 Å². The predicted octanol–water partition coefficient (Wildman–Crippen LogP) is -0.0278. The largest absolute Gasteiger partial charge is 0.330 e. The van der Waals surface area contributed by atoms with Gasteiger partial charge in [-0.05, 0) is 33.0 Å². The Kier molecular flexibility index (Phi) is 5.86. The Morgan fingerprint density at radius 1 is 1.12 bits per heavy atom. The van der Waals surface area contributed by atoms with Crippen molar-refractivity contribution in [2.24, 2.45) is 5.73 Å². The Morgan fingerprint density at radius 2 is 1.76 bits per heavy atom. The van der Waals surface area contributed by atoms with E-state index in [-0.39, 0.29) is 11.8 Å². The van der Waals surface area contributed by atoms with E-state index >= 15 is 0 Å². The van der Waals surface area contributed by atoms with Crippen LogP contribution in [0.4, 0.5) is 0 Å². The lowest BCUT2D eigenvalue weighted by Gasteiger charge is -2.20. The average molecular weight is 239 g/mol. The topological polar surface area (TPSA) is 66.6 Å². The second kappa shape index (κ2) is 7.19. The highest BCUT2D eigenvalue weighted by Gasteiger charge is 2.22. The summed E-state index contributed by atoms with van der Waals surface area (Å²) in [6, 6.07) is 0. The molecule has 2 amide bonds. The van der Waals surface area contributed by atoms with Gasteiger partial charge in [-0.25, -0.2) is 0 Å². The first-order valence-electron chi connectivity index (χ1n) is 6.07. The van der Waals surface area contributed by atoms with Crippen LogP contribution >= 0.6 is 0 Å². The monoisotopic (exact) mass is 239 g/mol. The molecule has 0 radical (unpaired) electrons. The third kappa shape index (κ3) is 4.66. The number of unbranched alkanes of at least 4 members (excludes halogenated alkanes) is 2. The maximum Gasteiger partial charge on any atom is 0.253 e. The van der Waals surface area contributed by atoms with Gasteiger partial charge in [0.2, 0.25) is 0 Å². The molecule has 0 aromatic heterocycles. The minimum absolute atomic E-state index is 0.202. The fourth-order valence-corrected chi connectivity index (χ4v) is 1.74. The molecule has 0 aliphatic carbocycles. The highest BCUT2D eigenvalue weighted by Crippen LogP contribution is 2.03. The number of carbonyl (C=O) groups is 2. The summed E-state index contributed by atoms with van der Waals surface area (Å²) in [5, 5.41) is 0. The van der Waals surface area contributed by atoms with Crippen LogP contribution in [0, 0.1) is 0 Å². The predicted molar refractivity (Wildman–Crippen MR) is 66.3 cm³/mol. The fourth-order valence-electron chi connectivity index (χ4n) is 1.74. The van der Waals surface area contributed by atoms with Gasteiger partial charge < -0.3 is 10.6 Å². The molecule has 96 valence electrons. The summed E-state index contributed by atoms with van der Waals surface area (Å²) < 4.78 is 0. The van der Waals surface area contributed by atoms with E-state index in [1.54, 1.807) is 0 Å². The average Bonchev–Trinajstić information content (AvgIpc) is 2.62. The SMILES string of the molecule is CN(CCCCCN)CCN1C(=O)C=CC1=O. The van der Waals surface area contributed by atoms with Crippen LogP contribution in [0.15, 0.2) is 12.2 Å². The molecule has 2 N–H and O–H groups in total. The molecule has 0 fully saturated rings. The van der Waals surface area contributed by atoms with Crippen molar-refractivity contribution in [3.8, 4) is 0 Å². The Balaban J connectivity index is 2.13. The minimum atomic E-state index is -0.202. The van der Waals surface area contributed by atoms with Crippen molar-refractivity contribution in [1.82, 2.24) is 9.80 Å². The summed E-state index contributed by atoms with van der Waals surface area (Å²) >= 11 is 0. The molecule has 5 heteroatoms. The number of carbonyl (C=O) groups excluding carboxylic acids is 2. The summed E-state index contributed by atoms with van der Waals surface area (Å²) in [6.45, 7) is 2.91. The van der Waals surface area contributed by atoms with Gasteiger partial charge in [0, 0.05) is 25.2 Å². The maximum absolute atomic E-state index is 11.3. The highest BCUT2D eigenvalue weighted by atomic mass is 16.2. The van der Waals surface area contributed by atoms with Gasteiger partial charge in [-0.1, -0.05) is 6.42 Å². The zero-order chi connectivity index (χ0) is 12.7. The Hall–Kier alpha value is -1.20. The van der Waals surface area contributed by atoms with Crippen LogP contribution < -0.4 is 5.73 Å². The van der Waals surface area contributed by atoms with Crippen molar-refractivity contribution in [3.05, 3.63) is 12.2 Å². The Bertz CT molecular complexity index is 284. The number of hydrogen-bond donors (Lipinski definition) is 1. The summed E-state index contributed by atoms with van der Waals surface area (Å²) in [6.07, 6.45) is 5.94. The number of amides is 2. The maximum atomic E-state index is 11.3. The molecule has 0 bridgehead atoms. The third-order valence-corrected chi connectivity index (χ3v) is 2.85. The number of hydrogen-bond acceptors (Lipinski definition) is 4. The number of imide groups is 1. The molecule has 1 aliphatic rings. The molecule has 0 aromatic carbocycles. The zero-order valence-electron chi connectivity index (χ0n) is 10.4. The molecule has 1 rings (SSSR count). The molecule has 1 aliphatic heterocycles. The first-order valence-corrected chi connectivity index (χ1v) is 6.07. The van der Waals surface area contributed by atoms with Gasteiger partial charge in [-0.15, -0.1) is 0 Å². The number of rotatable bonds is 8. The first-order chi connectivity index (χ1) is 8.15. The molecule has 5 nitrogen and oxygen atoms in total. The lowest BCUT2D eigenvalue weighted by atomic mass is 10.2. The van der Waals surface area contributed by atoms with Crippen molar-refractivity contribution < 1.29 is 9.59 Å². The summed E-state index contributed by atoms with van der Waals surface area (Å²) in [4.78, 5) is 26.0. The van der Waals surface area contributed by atoms with Crippen molar-refractivity contribution in [3.63, 3.8) is 0 Å². The van der Waals surface area contributed by atoms with E-state index in [9.17, 15) is 9.59 Å². The number of likely N-dealkylation sites (N-methyl/N-ethyl adjacent to an activating group) is 1. The van der Waals surface area contributed by atoms with Crippen LogP contribution in [0.1, 0.15) is 19.3 Å². The van der Waals surface area contributed by atoms with Crippen molar-refractivity contribution >= 4 is 11.8 Å². The number of nitrogens with zero attached hydrogens (tertiary/aromatic N) is 2. The Labute approximate surface area is 102 Å². The van der Waals surface area contributed by atoms with Gasteiger partial charge >= 0.3 is 0 Å². The van der Waals surface area contributed by atoms with Gasteiger partial charge in [0.1, 0.15) is 0 Å². The van der Waals surface area contributed by atoms with Gasteiger partial charge in [0.05, 0.1) is 0 Å². The molecular weight excluding hydrogens is 218 g/mol. The summed E-state index contributed by atoms with van der Waals surface area (Å²) in [5.74, 6) is -0.405. The van der Waals surface area contributed by atoms with Crippen LogP contribution in [0.2, 0.25) is 0 Å². The molecular formula is C12H21N3O2. The van der Waals surface area contributed by atoms with Crippen LogP contribution in [0.5, 0.6) is 0 Å². The highest BCUT2D eigenvalue weighted by molar-refractivity contribution is 6.12. The van der Waals surface area contributed by atoms with E-state index in [0.29, 0.717) is 6.54 Å².